The summed E-state index contributed by atoms with van der Waals surface area (Å²) in [6, 6.07) is 2.67. The molecule has 4 rings (SSSR count). The van der Waals surface area contributed by atoms with E-state index in [0.29, 0.717) is 6.54 Å². The molecule has 30 heavy (non-hydrogen) atoms. The van der Waals surface area contributed by atoms with Gasteiger partial charge in [-0.25, -0.2) is 4.98 Å². The Bertz CT molecular complexity index is 1040. The van der Waals surface area contributed by atoms with Crippen LogP contribution in [0.15, 0.2) is 34.4 Å². The summed E-state index contributed by atoms with van der Waals surface area (Å²) in [5.74, 6) is -1.77. The van der Waals surface area contributed by atoms with Crippen molar-refractivity contribution in [2.24, 2.45) is 0 Å². The van der Waals surface area contributed by atoms with Gasteiger partial charge in [0, 0.05) is 19.2 Å². The number of carbonyl (C=O) groups is 2. The smallest absolute Gasteiger partial charge is 0.416 e. The number of nitrogens with zero attached hydrogens (tertiary/aromatic N) is 2. The molecular formula is C20H17ClF3N3O3. The minimum absolute atomic E-state index is 0.0431. The molecule has 158 valence electrons. The number of likely N-dealkylation sites (tertiary alicyclic amines) is 1. The van der Waals surface area contributed by atoms with E-state index >= 15 is 0 Å². The topological polar surface area (TPSA) is 75.4 Å². The number of carbonyl (C=O) groups excluding carboxylic acids is 2. The van der Waals surface area contributed by atoms with Crippen LogP contribution in [0.3, 0.4) is 0 Å². The second-order valence-corrected chi connectivity index (χ2v) is 7.52. The Morgan fingerprint density at radius 1 is 1.20 bits per heavy atom. The van der Waals surface area contributed by atoms with Crippen LogP contribution in [0.4, 0.5) is 13.2 Å². The van der Waals surface area contributed by atoms with Crippen LogP contribution in [-0.4, -0.2) is 47.6 Å². The Kier molecular flexibility index (Phi) is 5.42. The number of Topliss-reactive ketones (excluding diaryl/α,β-unsaturated/α-hetero) is 1. The van der Waals surface area contributed by atoms with Gasteiger partial charge in [-0.3, -0.25) is 9.59 Å². The summed E-state index contributed by atoms with van der Waals surface area (Å²) in [5, 5.41) is 2.91. The highest BCUT2D eigenvalue weighted by atomic mass is 35.5. The van der Waals surface area contributed by atoms with E-state index in [1.165, 1.54) is 0 Å². The van der Waals surface area contributed by atoms with Crippen molar-refractivity contribution in [3.8, 4) is 11.5 Å². The fraction of sp³-hybridized carbons (Fsp3) is 0.350. The lowest BCUT2D eigenvalue weighted by Crippen LogP contribution is -2.33. The van der Waals surface area contributed by atoms with E-state index in [4.69, 9.17) is 16.0 Å². The summed E-state index contributed by atoms with van der Waals surface area (Å²) in [6.45, 7) is 3.21. The van der Waals surface area contributed by atoms with Crippen molar-refractivity contribution in [3.05, 3.63) is 52.0 Å². The third-order valence-corrected chi connectivity index (χ3v) is 5.38. The van der Waals surface area contributed by atoms with Crippen LogP contribution in [0.2, 0.25) is 5.02 Å². The molecule has 1 aromatic heterocycles. The quantitative estimate of drug-likeness (QED) is 0.760. The number of hydrogen-bond acceptors (Lipinski definition) is 6. The fourth-order valence-electron chi connectivity index (χ4n) is 3.50. The summed E-state index contributed by atoms with van der Waals surface area (Å²) in [5.41, 5.74) is -1.25. The third-order valence-electron chi connectivity index (χ3n) is 5.05. The molecule has 0 bridgehead atoms. The van der Waals surface area contributed by atoms with Crippen LogP contribution < -0.4 is 5.32 Å². The molecule has 2 aromatic rings. The summed E-state index contributed by atoms with van der Waals surface area (Å²) in [4.78, 5) is 31.3. The van der Waals surface area contributed by atoms with E-state index in [0.717, 1.165) is 56.8 Å². The van der Waals surface area contributed by atoms with Gasteiger partial charge in [0.2, 0.25) is 23.2 Å². The second-order valence-electron chi connectivity index (χ2n) is 7.12. The lowest BCUT2D eigenvalue weighted by atomic mass is 10.0. The number of fused-ring (bicyclic) bond motifs is 1. The molecule has 1 aromatic carbocycles. The molecule has 1 saturated heterocycles. The maximum atomic E-state index is 13.0. The number of nitrogens with one attached hydrogen (secondary N) is 1. The number of hydrogen-bond donors (Lipinski definition) is 1. The zero-order valence-corrected chi connectivity index (χ0v) is 16.4. The van der Waals surface area contributed by atoms with Crippen LogP contribution in [0.1, 0.15) is 39.4 Å². The molecule has 2 heterocycles. The van der Waals surface area contributed by atoms with Gasteiger partial charge in [-0.05, 0) is 44.1 Å². The molecule has 10 heteroatoms. The lowest BCUT2D eigenvalue weighted by molar-refractivity contribution is -0.137. The summed E-state index contributed by atoms with van der Waals surface area (Å²) in [7, 11) is 0. The van der Waals surface area contributed by atoms with Gasteiger partial charge in [0.15, 0.2) is 5.69 Å². The molecule has 0 unspecified atom stereocenters. The molecular weight excluding hydrogens is 423 g/mol. The van der Waals surface area contributed by atoms with Crippen LogP contribution in [0, 0.1) is 0 Å². The van der Waals surface area contributed by atoms with Gasteiger partial charge in [0.05, 0.1) is 21.8 Å². The normalized spacial score (nSPS) is 17.3. The Morgan fingerprint density at radius 3 is 2.63 bits per heavy atom. The first-order chi connectivity index (χ1) is 14.2. The van der Waals surface area contributed by atoms with Crippen molar-refractivity contribution in [1.82, 2.24) is 15.2 Å². The highest BCUT2D eigenvalue weighted by Crippen LogP contribution is 2.37. The number of halogens is 4. The number of alkyl halides is 3. The zero-order chi connectivity index (χ0) is 21.5. The van der Waals surface area contributed by atoms with E-state index in [9.17, 15) is 22.8 Å². The first kappa shape index (κ1) is 20.6. The van der Waals surface area contributed by atoms with Crippen molar-refractivity contribution in [2.75, 3.05) is 26.2 Å². The Balaban J connectivity index is 1.57. The molecule has 1 aliphatic heterocycles. The van der Waals surface area contributed by atoms with E-state index < -0.39 is 23.3 Å². The van der Waals surface area contributed by atoms with Crippen molar-refractivity contribution < 1.29 is 27.2 Å². The number of rotatable bonds is 5. The molecule has 0 radical (unpaired) electrons. The van der Waals surface area contributed by atoms with E-state index in [-0.39, 0.29) is 33.6 Å². The molecule has 1 N–H and O–H groups in total. The summed E-state index contributed by atoms with van der Waals surface area (Å²) in [6.07, 6.45) is -1.19. The van der Waals surface area contributed by atoms with Gasteiger partial charge in [-0.2, -0.15) is 13.2 Å². The molecule has 0 atom stereocenters. The number of oxazole rings is 1. The molecule has 6 nitrogen and oxygen atoms in total. The molecule has 2 aliphatic rings. The van der Waals surface area contributed by atoms with E-state index in [1.54, 1.807) is 0 Å². The first-order valence-electron chi connectivity index (χ1n) is 9.39. The number of allylic oxidation sites excluding steroid dienone is 2. The Labute approximate surface area is 174 Å². The number of ketones is 2. The monoisotopic (exact) mass is 439 g/mol. The van der Waals surface area contributed by atoms with Crippen molar-refractivity contribution in [2.45, 2.75) is 19.0 Å². The van der Waals surface area contributed by atoms with E-state index in [2.05, 4.69) is 15.2 Å². The average Bonchev–Trinajstić information content (AvgIpc) is 3.35. The molecule has 0 saturated carbocycles. The van der Waals surface area contributed by atoms with Gasteiger partial charge in [-0.1, -0.05) is 11.6 Å². The van der Waals surface area contributed by atoms with Crippen LogP contribution in [-0.2, 0) is 6.18 Å². The van der Waals surface area contributed by atoms with Gasteiger partial charge in [0.25, 0.3) is 0 Å². The zero-order valence-electron chi connectivity index (χ0n) is 15.7. The van der Waals surface area contributed by atoms with Crippen molar-refractivity contribution in [1.29, 1.82) is 0 Å². The SMILES string of the molecule is O=C1C(NCCN2CCCC2)=CC(=O)c2oc(-c3cc(C(F)(F)F)ccc3Cl)nc21. The number of aromatic nitrogens is 1. The first-order valence-corrected chi connectivity index (χ1v) is 9.77. The maximum absolute atomic E-state index is 13.0. The highest BCUT2D eigenvalue weighted by Gasteiger charge is 2.34. The van der Waals surface area contributed by atoms with Crippen molar-refractivity contribution in [3.63, 3.8) is 0 Å². The predicted octanol–water partition coefficient (Wildman–Crippen LogP) is 3.96. The third kappa shape index (κ3) is 3.99. The van der Waals surface area contributed by atoms with Crippen LogP contribution in [0.25, 0.3) is 11.5 Å². The molecule has 1 aliphatic carbocycles. The molecule has 1 fully saturated rings. The van der Waals surface area contributed by atoms with Crippen LogP contribution >= 0.6 is 11.6 Å². The second kappa shape index (κ2) is 7.88. The van der Waals surface area contributed by atoms with Gasteiger partial charge in [-0.15, -0.1) is 0 Å². The molecule has 0 amide bonds. The maximum Gasteiger partial charge on any atom is 0.416 e. The van der Waals surface area contributed by atoms with Gasteiger partial charge >= 0.3 is 6.18 Å². The van der Waals surface area contributed by atoms with Gasteiger partial charge < -0.3 is 14.6 Å². The Hall–Kier alpha value is -2.65. The van der Waals surface area contributed by atoms with E-state index in [1.807, 2.05) is 0 Å². The largest absolute Gasteiger partial charge is 0.432 e. The lowest BCUT2D eigenvalue weighted by Gasteiger charge is -2.17. The predicted molar refractivity (Wildman–Crippen MR) is 102 cm³/mol. The van der Waals surface area contributed by atoms with Gasteiger partial charge in [0.1, 0.15) is 0 Å². The average molecular weight is 440 g/mol. The standard InChI is InChI=1S/C20H17ClF3N3O3/c21-13-4-3-11(20(22,23)24)9-12(13)19-26-16-17(29)14(10-15(28)18(16)30-19)25-5-8-27-6-1-2-7-27/h3-4,9-10,25H,1-2,5-8H2. The molecule has 0 spiro atoms. The summed E-state index contributed by atoms with van der Waals surface area (Å²) < 4.78 is 44.4. The highest BCUT2D eigenvalue weighted by molar-refractivity contribution is 6.33. The Morgan fingerprint density at radius 2 is 1.93 bits per heavy atom. The minimum atomic E-state index is -4.59. The fourth-order valence-corrected chi connectivity index (χ4v) is 3.70. The summed E-state index contributed by atoms with van der Waals surface area (Å²) >= 11 is 6.01. The number of benzene rings is 1. The van der Waals surface area contributed by atoms with Crippen molar-refractivity contribution >= 4 is 23.2 Å². The van der Waals surface area contributed by atoms with Crippen LogP contribution in [0.5, 0.6) is 0 Å². The minimum Gasteiger partial charge on any atom is -0.432 e.